The number of carboxylic acids is 1. The summed E-state index contributed by atoms with van der Waals surface area (Å²) in [6.07, 6.45) is 63.1. The summed E-state index contributed by atoms with van der Waals surface area (Å²) >= 11 is 0. The molecule has 2 atom stereocenters. The van der Waals surface area contributed by atoms with Gasteiger partial charge in [0.25, 0.3) is 0 Å². The van der Waals surface area contributed by atoms with Gasteiger partial charge in [-0.05, 0) is 77.0 Å². The van der Waals surface area contributed by atoms with E-state index >= 15 is 0 Å². The van der Waals surface area contributed by atoms with Crippen molar-refractivity contribution in [2.75, 3.05) is 41.0 Å². The van der Waals surface area contributed by atoms with Crippen molar-refractivity contribution in [2.24, 2.45) is 0 Å². The van der Waals surface area contributed by atoms with Crippen molar-refractivity contribution >= 4 is 17.9 Å². The number of rotatable bonds is 52. The lowest BCUT2D eigenvalue weighted by Crippen LogP contribution is -2.50. The fraction of sp³-hybridized carbons (Fsp3) is 0.817. The standard InChI is InChI=1S/C60H109NO7/c1-6-8-10-12-14-16-18-20-22-24-26-28-30-32-34-36-38-40-42-44-46-48-50-58(62)67-55-56(54-66-53-52-57(60(64)65)61(3,4)5)68-59(63)51-49-47-45-43-41-39-37-35-33-31-29-27-25-23-21-19-17-15-13-11-9-7-2/h14,16,20,22,26,28,31,33,56-57H,6-13,15,17-19,21,23-25,27,29-30,32,34-55H2,1-5H3/p+1/b16-14+,22-20+,28-26+,33-31+. The van der Waals surface area contributed by atoms with Gasteiger partial charge < -0.3 is 23.8 Å². The molecule has 0 rings (SSSR count). The second kappa shape index (κ2) is 50.7. The number of carbonyl (C=O) groups excluding carboxylic acids is 2. The van der Waals surface area contributed by atoms with Gasteiger partial charge in [0.05, 0.1) is 34.4 Å². The number of carboxylic acid groups (broad SMARTS) is 1. The third-order valence-corrected chi connectivity index (χ3v) is 13.0. The molecule has 68 heavy (non-hydrogen) atoms. The third kappa shape index (κ3) is 48.3. The van der Waals surface area contributed by atoms with E-state index in [1.165, 1.54) is 180 Å². The number of unbranched alkanes of at least 4 members (excludes halogenated alkanes) is 30. The number of ether oxygens (including phenoxy) is 3. The van der Waals surface area contributed by atoms with Gasteiger partial charge in [0.15, 0.2) is 12.1 Å². The largest absolute Gasteiger partial charge is 0.477 e. The summed E-state index contributed by atoms with van der Waals surface area (Å²) in [7, 11) is 5.54. The highest BCUT2D eigenvalue weighted by Crippen LogP contribution is 2.16. The lowest BCUT2D eigenvalue weighted by Gasteiger charge is -2.31. The molecule has 0 bridgehead atoms. The quantitative estimate of drug-likeness (QED) is 0.0281. The van der Waals surface area contributed by atoms with Crippen molar-refractivity contribution in [3.63, 3.8) is 0 Å². The molecule has 0 aromatic carbocycles. The van der Waals surface area contributed by atoms with Crippen LogP contribution in [-0.4, -0.2) is 80.6 Å². The SMILES string of the molecule is CCCCC/C=C/C/C=C/C/C=C/CCCCCCCCCCCC(=O)OCC(COCCC(C(=O)O)[N+](C)(C)C)OC(=O)CCCCCCCCC/C=C/CCCCCCCCCCCCC. The molecule has 0 spiro atoms. The Morgan fingerprint density at radius 2 is 0.779 bits per heavy atom. The number of hydrogen-bond acceptors (Lipinski definition) is 6. The van der Waals surface area contributed by atoms with Crippen LogP contribution >= 0.6 is 0 Å². The van der Waals surface area contributed by atoms with Crippen molar-refractivity contribution in [3.05, 3.63) is 48.6 Å². The molecule has 8 heteroatoms. The van der Waals surface area contributed by atoms with E-state index in [9.17, 15) is 19.5 Å². The fourth-order valence-corrected chi connectivity index (χ4v) is 8.51. The van der Waals surface area contributed by atoms with Crippen LogP contribution in [0.1, 0.15) is 264 Å². The van der Waals surface area contributed by atoms with Crippen LogP contribution in [0.2, 0.25) is 0 Å². The highest BCUT2D eigenvalue weighted by atomic mass is 16.6. The van der Waals surface area contributed by atoms with Crippen molar-refractivity contribution in [1.82, 2.24) is 0 Å². The third-order valence-electron chi connectivity index (χ3n) is 13.0. The molecule has 0 radical (unpaired) electrons. The monoisotopic (exact) mass is 957 g/mol. The number of likely N-dealkylation sites (N-methyl/N-ethyl adjacent to an activating group) is 1. The van der Waals surface area contributed by atoms with Crippen LogP contribution in [0.5, 0.6) is 0 Å². The molecule has 8 nitrogen and oxygen atoms in total. The maximum Gasteiger partial charge on any atom is 0.362 e. The highest BCUT2D eigenvalue weighted by molar-refractivity contribution is 5.72. The van der Waals surface area contributed by atoms with Crippen LogP contribution in [0.15, 0.2) is 48.6 Å². The van der Waals surface area contributed by atoms with Crippen molar-refractivity contribution in [3.8, 4) is 0 Å². The average molecular weight is 958 g/mol. The van der Waals surface area contributed by atoms with Crippen LogP contribution < -0.4 is 0 Å². The van der Waals surface area contributed by atoms with E-state index in [1.807, 2.05) is 21.1 Å². The molecule has 396 valence electrons. The molecule has 0 saturated heterocycles. The van der Waals surface area contributed by atoms with E-state index < -0.39 is 18.1 Å². The second-order valence-electron chi connectivity index (χ2n) is 20.5. The van der Waals surface area contributed by atoms with Crippen LogP contribution in [0.25, 0.3) is 0 Å². The molecule has 0 amide bonds. The van der Waals surface area contributed by atoms with E-state index in [1.54, 1.807) is 0 Å². The van der Waals surface area contributed by atoms with E-state index in [0.717, 1.165) is 51.4 Å². The lowest BCUT2D eigenvalue weighted by atomic mass is 10.0. The first kappa shape index (κ1) is 65.3. The molecular weight excluding hydrogens is 847 g/mol. The fourth-order valence-electron chi connectivity index (χ4n) is 8.51. The van der Waals surface area contributed by atoms with Crippen LogP contribution in [0.4, 0.5) is 0 Å². The van der Waals surface area contributed by atoms with Crippen LogP contribution in [0, 0.1) is 0 Å². The van der Waals surface area contributed by atoms with E-state index in [4.69, 9.17) is 14.2 Å². The summed E-state index contributed by atoms with van der Waals surface area (Å²) in [6.45, 7) is 4.74. The Morgan fingerprint density at radius 1 is 0.441 bits per heavy atom. The van der Waals surface area contributed by atoms with Crippen molar-refractivity contribution < 1.29 is 38.2 Å². The van der Waals surface area contributed by atoms with Gasteiger partial charge in [-0.1, -0.05) is 217 Å². The average Bonchev–Trinajstić information content (AvgIpc) is 3.30. The van der Waals surface area contributed by atoms with E-state index in [2.05, 4.69) is 62.5 Å². The first-order valence-corrected chi connectivity index (χ1v) is 28.7. The zero-order valence-corrected chi connectivity index (χ0v) is 45.3. The summed E-state index contributed by atoms with van der Waals surface area (Å²) in [5, 5.41) is 9.68. The number of aliphatic carboxylic acids is 1. The Balaban J connectivity index is 4.19. The molecular formula is C60H110NO7+. The zero-order valence-electron chi connectivity index (χ0n) is 45.3. The Labute approximate surface area is 420 Å². The molecule has 0 aliphatic heterocycles. The minimum absolute atomic E-state index is 0.0548. The van der Waals surface area contributed by atoms with Gasteiger partial charge in [-0.25, -0.2) is 4.79 Å². The summed E-state index contributed by atoms with van der Waals surface area (Å²) in [6, 6.07) is -0.618. The Hall–Kier alpha value is -2.71. The first-order valence-electron chi connectivity index (χ1n) is 28.7. The summed E-state index contributed by atoms with van der Waals surface area (Å²) < 4.78 is 17.4. The lowest BCUT2D eigenvalue weighted by molar-refractivity contribution is -0.887. The predicted octanol–water partition coefficient (Wildman–Crippen LogP) is 17.1. The van der Waals surface area contributed by atoms with Crippen LogP contribution in [0.3, 0.4) is 0 Å². The molecule has 0 aliphatic carbocycles. The zero-order chi connectivity index (χ0) is 49.9. The van der Waals surface area contributed by atoms with Gasteiger partial charge in [0.2, 0.25) is 0 Å². The molecule has 0 saturated carbocycles. The molecule has 1 N–H and O–H groups in total. The van der Waals surface area contributed by atoms with Crippen molar-refractivity contribution in [2.45, 2.75) is 276 Å². The number of carbonyl (C=O) groups is 3. The molecule has 0 aromatic heterocycles. The molecule has 0 fully saturated rings. The number of quaternary nitrogens is 1. The maximum absolute atomic E-state index is 12.8. The van der Waals surface area contributed by atoms with Crippen LogP contribution in [-0.2, 0) is 28.6 Å². The van der Waals surface area contributed by atoms with E-state index in [0.29, 0.717) is 19.3 Å². The van der Waals surface area contributed by atoms with Crippen molar-refractivity contribution in [1.29, 1.82) is 0 Å². The van der Waals surface area contributed by atoms with E-state index in [-0.39, 0.29) is 36.2 Å². The van der Waals surface area contributed by atoms with Gasteiger partial charge in [-0.2, -0.15) is 0 Å². The Bertz CT molecular complexity index is 1250. The molecule has 2 unspecified atom stereocenters. The maximum atomic E-state index is 12.8. The topological polar surface area (TPSA) is 99.1 Å². The normalized spacial score (nSPS) is 13.1. The van der Waals surface area contributed by atoms with Gasteiger partial charge in [-0.15, -0.1) is 0 Å². The number of nitrogens with zero attached hydrogens (tertiary/aromatic N) is 1. The number of hydrogen-bond donors (Lipinski definition) is 1. The molecule has 0 aromatic rings. The smallest absolute Gasteiger partial charge is 0.362 e. The van der Waals surface area contributed by atoms with Gasteiger partial charge >= 0.3 is 17.9 Å². The predicted molar refractivity (Wildman–Crippen MR) is 289 cm³/mol. The number of allylic oxidation sites excluding steroid dienone is 8. The van der Waals surface area contributed by atoms with Gasteiger partial charge in [0, 0.05) is 19.3 Å². The summed E-state index contributed by atoms with van der Waals surface area (Å²) in [5.74, 6) is -1.47. The van der Waals surface area contributed by atoms with Gasteiger partial charge in [0.1, 0.15) is 6.61 Å². The minimum atomic E-state index is -0.874. The second-order valence-corrected chi connectivity index (χ2v) is 20.5. The molecule has 0 aliphatic rings. The summed E-state index contributed by atoms with van der Waals surface area (Å²) in [4.78, 5) is 37.3. The molecule has 0 heterocycles. The summed E-state index contributed by atoms with van der Waals surface area (Å²) in [5.41, 5.74) is 0. The Morgan fingerprint density at radius 3 is 1.19 bits per heavy atom. The first-order chi connectivity index (χ1) is 33.1. The Kier molecular flexibility index (Phi) is 48.7. The highest BCUT2D eigenvalue weighted by Gasteiger charge is 2.31. The van der Waals surface area contributed by atoms with Gasteiger partial charge in [-0.3, -0.25) is 9.59 Å². The minimum Gasteiger partial charge on any atom is -0.477 e. The number of esters is 2.